The highest BCUT2D eigenvalue weighted by Crippen LogP contribution is 2.28. The molecule has 0 saturated heterocycles. The molecule has 0 aliphatic carbocycles. The molecule has 32 heavy (non-hydrogen) atoms. The Hall–Kier alpha value is -4.33. The molecule has 0 aromatic heterocycles. The first-order valence-electron chi connectivity index (χ1n) is 9.75. The Bertz CT molecular complexity index is 1080. The normalized spacial score (nSPS) is 10.5. The van der Waals surface area contributed by atoms with E-state index >= 15 is 0 Å². The Labute approximate surface area is 185 Å². The van der Waals surface area contributed by atoms with Crippen molar-refractivity contribution in [1.82, 2.24) is 0 Å². The first-order valence-corrected chi connectivity index (χ1v) is 9.75. The minimum absolute atomic E-state index is 0.274. The number of nitrogens with one attached hydrogen (secondary N) is 1. The van der Waals surface area contributed by atoms with Crippen LogP contribution in [0, 0.1) is 0 Å². The zero-order valence-corrected chi connectivity index (χ0v) is 17.5. The van der Waals surface area contributed by atoms with Crippen LogP contribution < -0.4 is 20.5 Å². The number of ether oxygens (including phenoxy) is 2. The van der Waals surface area contributed by atoms with Crippen LogP contribution in [0.2, 0.25) is 0 Å². The molecule has 0 spiro atoms. The van der Waals surface area contributed by atoms with Crippen molar-refractivity contribution in [3.05, 3.63) is 89.5 Å². The van der Waals surface area contributed by atoms with Crippen LogP contribution in [0.15, 0.2) is 78.0 Å². The quantitative estimate of drug-likeness (QED) is 0.376. The van der Waals surface area contributed by atoms with E-state index in [0.29, 0.717) is 29.4 Å². The number of rotatable bonds is 10. The summed E-state index contributed by atoms with van der Waals surface area (Å²) in [6, 6.07) is 21.4. The number of methoxy groups -OCH3 is 1. The molecule has 0 aliphatic heterocycles. The Morgan fingerprint density at radius 3 is 2.44 bits per heavy atom. The highest BCUT2D eigenvalue weighted by Gasteiger charge is 2.07. The molecule has 0 bridgehead atoms. The average Bonchev–Trinajstić information content (AvgIpc) is 2.81. The largest absolute Gasteiger partial charge is 0.493 e. The molecular weight excluding hydrogens is 410 g/mol. The second kappa shape index (κ2) is 11.2. The van der Waals surface area contributed by atoms with E-state index < -0.39 is 11.8 Å². The lowest BCUT2D eigenvalue weighted by Crippen LogP contribution is -2.17. The fraction of sp³-hybridized carbons (Fsp3) is 0.125. The number of anilines is 1. The number of amides is 2. The molecule has 3 aromatic rings. The van der Waals surface area contributed by atoms with Gasteiger partial charge < -0.3 is 25.4 Å². The summed E-state index contributed by atoms with van der Waals surface area (Å²) in [6.07, 6.45) is 1.47. The molecule has 0 saturated carbocycles. The number of carbonyl (C=O) groups excluding carboxylic acids is 2. The van der Waals surface area contributed by atoms with Crippen LogP contribution >= 0.6 is 0 Å². The number of benzene rings is 3. The third-order valence-corrected chi connectivity index (χ3v) is 4.35. The fourth-order valence-electron chi connectivity index (χ4n) is 2.73. The average molecular weight is 433 g/mol. The topological polar surface area (TPSA) is 112 Å². The second-order valence-electron chi connectivity index (χ2n) is 6.68. The molecule has 0 heterocycles. The van der Waals surface area contributed by atoms with E-state index in [9.17, 15) is 9.59 Å². The van der Waals surface area contributed by atoms with Gasteiger partial charge in [0.1, 0.15) is 6.61 Å². The molecular formula is C24H23N3O5. The minimum Gasteiger partial charge on any atom is -0.493 e. The molecule has 0 unspecified atom stereocenters. The number of primary amides is 1. The van der Waals surface area contributed by atoms with E-state index in [4.69, 9.17) is 20.0 Å². The van der Waals surface area contributed by atoms with Gasteiger partial charge in [-0.05, 0) is 48.0 Å². The summed E-state index contributed by atoms with van der Waals surface area (Å²) >= 11 is 0. The van der Waals surface area contributed by atoms with Crippen LogP contribution in [0.5, 0.6) is 11.5 Å². The summed E-state index contributed by atoms with van der Waals surface area (Å²) in [5.74, 6) is 0.238. The SMILES string of the molecule is COc1cc(/C=N/OCC(=O)Nc2ccc(C(N)=O)cc2)ccc1OCc1ccccc1. The Morgan fingerprint density at radius 2 is 1.75 bits per heavy atom. The van der Waals surface area contributed by atoms with Gasteiger partial charge in [-0.2, -0.15) is 0 Å². The molecule has 0 aliphatic rings. The summed E-state index contributed by atoms with van der Waals surface area (Å²) < 4.78 is 11.2. The number of oxime groups is 1. The van der Waals surface area contributed by atoms with Crippen LogP contribution in [0.25, 0.3) is 0 Å². The predicted octanol–water partition coefficient (Wildman–Crippen LogP) is 3.36. The minimum atomic E-state index is -0.534. The lowest BCUT2D eigenvalue weighted by atomic mass is 10.2. The second-order valence-corrected chi connectivity index (χ2v) is 6.68. The number of hydrogen-bond donors (Lipinski definition) is 2. The zero-order valence-electron chi connectivity index (χ0n) is 17.5. The first kappa shape index (κ1) is 22.4. The molecule has 0 atom stereocenters. The maximum Gasteiger partial charge on any atom is 0.265 e. The van der Waals surface area contributed by atoms with Crippen molar-refractivity contribution in [3.63, 3.8) is 0 Å². The van der Waals surface area contributed by atoms with Gasteiger partial charge in [0.05, 0.1) is 13.3 Å². The van der Waals surface area contributed by atoms with Crippen LogP contribution in [-0.2, 0) is 16.2 Å². The van der Waals surface area contributed by atoms with E-state index in [1.165, 1.54) is 18.3 Å². The lowest BCUT2D eigenvalue weighted by Gasteiger charge is -2.11. The number of hydrogen-bond acceptors (Lipinski definition) is 6. The van der Waals surface area contributed by atoms with Gasteiger partial charge in [0.25, 0.3) is 5.91 Å². The fourth-order valence-corrected chi connectivity index (χ4v) is 2.73. The van der Waals surface area contributed by atoms with Crippen molar-refractivity contribution in [1.29, 1.82) is 0 Å². The Balaban J connectivity index is 1.49. The van der Waals surface area contributed by atoms with Gasteiger partial charge in [-0.15, -0.1) is 0 Å². The van der Waals surface area contributed by atoms with Gasteiger partial charge in [-0.1, -0.05) is 35.5 Å². The Kier molecular flexibility index (Phi) is 7.80. The van der Waals surface area contributed by atoms with E-state index in [1.54, 1.807) is 37.4 Å². The van der Waals surface area contributed by atoms with Crippen molar-refractivity contribution in [2.24, 2.45) is 10.9 Å². The Morgan fingerprint density at radius 1 is 1.00 bits per heavy atom. The van der Waals surface area contributed by atoms with E-state index in [-0.39, 0.29) is 6.61 Å². The maximum absolute atomic E-state index is 11.9. The first-order chi connectivity index (χ1) is 15.5. The van der Waals surface area contributed by atoms with Crippen molar-refractivity contribution >= 4 is 23.7 Å². The summed E-state index contributed by atoms with van der Waals surface area (Å²) in [7, 11) is 1.56. The third-order valence-electron chi connectivity index (χ3n) is 4.35. The molecule has 0 radical (unpaired) electrons. The number of nitrogens with two attached hydrogens (primary N) is 1. The van der Waals surface area contributed by atoms with E-state index in [0.717, 1.165) is 11.1 Å². The summed E-state index contributed by atoms with van der Waals surface area (Å²) in [6.45, 7) is 0.150. The maximum atomic E-state index is 11.9. The van der Waals surface area contributed by atoms with Crippen molar-refractivity contribution in [2.45, 2.75) is 6.61 Å². The van der Waals surface area contributed by atoms with E-state index in [1.807, 2.05) is 30.3 Å². The molecule has 3 aromatic carbocycles. The highest BCUT2D eigenvalue weighted by atomic mass is 16.6. The predicted molar refractivity (Wildman–Crippen MR) is 121 cm³/mol. The van der Waals surface area contributed by atoms with Crippen molar-refractivity contribution in [3.8, 4) is 11.5 Å². The van der Waals surface area contributed by atoms with E-state index in [2.05, 4.69) is 10.5 Å². The molecule has 2 amide bonds. The molecule has 164 valence electrons. The monoisotopic (exact) mass is 433 g/mol. The standard InChI is InChI=1S/C24H23N3O5/c1-30-22-13-18(7-12-21(22)31-15-17-5-3-2-4-6-17)14-26-32-16-23(28)27-20-10-8-19(9-11-20)24(25)29/h2-14H,15-16H2,1H3,(H2,25,29)(H,27,28)/b26-14+. The van der Waals surface area contributed by atoms with Gasteiger partial charge >= 0.3 is 0 Å². The van der Waals surface area contributed by atoms with Gasteiger partial charge in [0, 0.05) is 16.8 Å². The summed E-state index contributed by atoms with van der Waals surface area (Å²) in [4.78, 5) is 28.1. The van der Waals surface area contributed by atoms with Gasteiger partial charge in [-0.25, -0.2) is 0 Å². The number of nitrogens with zero attached hydrogens (tertiary/aromatic N) is 1. The van der Waals surface area contributed by atoms with Gasteiger partial charge in [-0.3, -0.25) is 9.59 Å². The molecule has 8 nitrogen and oxygen atoms in total. The zero-order chi connectivity index (χ0) is 22.8. The van der Waals surface area contributed by atoms with Crippen LogP contribution in [0.1, 0.15) is 21.5 Å². The van der Waals surface area contributed by atoms with Crippen LogP contribution in [0.4, 0.5) is 5.69 Å². The van der Waals surface area contributed by atoms with Crippen molar-refractivity contribution < 1.29 is 23.9 Å². The van der Waals surface area contributed by atoms with Crippen LogP contribution in [-0.4, -0.2) is 31.7 Å². The lowest BCUT2D eigenvalue weighted by molar-refractivity contribution is -0.120. The molecule has 3 N–H and O–H groups in total. The summed E-state index contributed by atoms with van der Waals surface area (Å²) in [5.41, 5.74) is 7.83. The summed E-state index contributed by atoms with van der Waals surface area (Å²) in [5, 5.41) is 6.45. The smallest absolute Gasteiger partial charge is 0.265 e. The van der Waals surface area contributed by atoms with Gasteiger partial charge in [0.2, 0.25) is 5.91 Å². The third kappa shape index (κ3) is 6.60. The molecule has 8 heteroatoms. The highest BCUT2D eigenvalue weighted by molar-refractivity contribution is 5.95. The molecule has 3 rings (SSSR count). The van der Waals surface area contributed by atoms with Gasteiger partial charge in [0.15, 0.2) is 18.1 Å². The van der Waals surface area contributed by atoms with Crippen molar-refractivity contribution in [2.75, 3.05) is 19.0 Å². The number of carbonyl (C=O) groups is 2. The molecule has 0 fully saturated rings. The van der Waals surface area contributed by atoms with Crippen LogP contribution in [0.3, 0.4) is 0 Å².